The normalized spacial score (nSPS) is 23.5. The van der Waals surface area contributed by atoms with Crippen LogP contribution in [0.1, 0.15) is 36.2 Å². The smallest absolute Gasteiger partial charge is 0.337 e. The van der Waals surface area contributed by atoms with Crippen molar-refractivity contribution in [3.63, 3.8) is 0 Å². The highest BCUT2D eigenvalue weighted by Gasteiger charge is 2.58. The first-order valence-corrected chi connectivity index (χ1v) is 7.93. The number of carbonyl (C=O) groups excluding carboxylic acids is 1. The Morgan fingerprint density at radius 2 is 2.08 bits per heavy atom. The van der Waals surface area contributed by atoms with Crippen LogP contribution in [0, 0.1) is 11.3 Å². The maximum absolute atomic E-state index is 13.3. The Labute approximate surface area is 135 Å². The molecule has 24 heavy (non-hydrogen) atoms. The van der Waals surface area contributed by atoms with E-state index in [9.17, 15) is 18.0 Å². The van der Waals surface area contributed by atoms with Crippen molar-refractivity contribution >= 4 is 17.1 Å². The fraction of sp³-hybridized carbons (Fsp3) is 0.600. The number of nitrogens with one attached hydrogen (secondary N) is 1. The van der Waals surface area contributed by atoms with Gasteiger partial charge in [0.2, 0.25) is 5.65 Å². The van der Waals surface area contributed by atoms with Gasteiger partial charge in [-0.1, -0.05) is 6.42 Å². The minimum atomic E-state index is -4.20. The van der Waals surface area contributed by atoms with Gasteiger partial charge in [0.15, 0.2) is 0 Å². The molecule has 1 saturated heterocycles. The topological polar surface area (TPSA) is 74.8 Å². The molecule has 1 atom stereocenters. The molecule has 2 aliphatic rings. The van der Waals surface area contributed by atoms with Crippen LogP contribution in [0.3, 0.4) is 0 Å². The number of nitrogens with zero attached hydrogens (tertiary/aromatic N) is 4. The number of H-pyrrole nitrogens is 1. The SMILES string of the molecule is O=C(c1ccc2n[nH]nc2n1)N1CC[C@H](C(F)(F)F)C2(CCC2)C1. The highest BCUT2D eigenvalue weighted by molar-refractivity contribution is 5.94. The van der Waals surface area contributed by atoms with Crippen LogP contribution in [0.4, 0.5) is 13.2 Å². The lowest BCUT2D eigenvalue weighted by atomic mass is 9.58. The second-order valence-corrected chi connectivity index (χ2v) is 6.69. The molecule has 6 nitrogen and oxygen atoms in total. The lowest BCUT2D eigenvalue weighted by Crippen LogP contribution is -2.57. The molecule has 1 amide bonds. The fourth-order valence-corrected chi connectivity index (χ4v) is 4.00. The summed E-state index contributed by atoms with van der Waals surface area (Å²) in [5.74, 6) is -1.65. The van der Waals surface area contributed by atoms with Gasteiger partial charge in [-0.3, -0.25) is 4.79 Å². The van der Waals surface area contributed by atoms with E-state index >= 15 is 0 Å². The van der Waals surface area contributed by atoms with E-state index in [0.29, 0.717) is 24.0 Å². The summed E-state index contributed by atoms with van der Waals surface area (Å²) in [4.78, 5) is 18.3. The minimum absolute atomic E-state index is 0.0402. The quantitative estimate of drug-likeness (QED) is 0.866. The van der Waals surface area contributed by atoms with E-state index < -0.39 is 17.5 Å². The van der Waals surface area contributed by atoms with Crippen LogP contribution in [-0.2, 0) is 0 Å². The zero-order valence-corrected chi connectivity index (χ0v) is 12.8. The summed E-state index contributed by atoms with van der Waals surface area (Å²) in [6, 6.07) is 3.16. The van der Waals surface area contributed by atoms with Gasteiger partial charge < -0.3 is 4.90 Å². The Balaban J connectivity index is 1.58. The number of likely N-dealkylation sites (tertiary alicyclic amines) is 1. The summed E-state index contributed by atoms with van der Waals surface area (Å²) >= 11 is 0. The summed E-state index contributed by atoms with van der Waals surface area (Å²) in [5.41, 5.74) is 0.239. The Morgan fingerprint density at radius 3 is 2.75 bits per heavy atom. The summed E-state index contributed by atoms with van der Waals surface area (Å²) in [6.07, 6.45) is -2.40. The molecule has 0 radical (unpaired) electrons. The van der Waals surface area contributed by atoms with Gasteiger partial charge in [0.05, 0.1) is 5.92 Å². The van der Waals surface area contributed by atoms with Crippen molar-refractivity contribution in [1.29, 1.82) is 0 Å². The van der Waals surface area contributed by atoms with Crippen LogP contribution >= 0.6 is 0 Å². The van der Waals surface area contributed by atoms with Crippen LogP contribution in [-0.4, -0.2) is 50.5 Å². The van der Waals surface area contributed by atoms with Crippen molar-refractivity contribution in [2.24, 2.45) is 11.3 Å². The van der Waals surface area contributed by atoms with Crippen molar-refractivity contribution < 1.29 is 18.0 Å². The number of amides is 1. The van der Waals surface area contributed by atoms with Gasteiger partial charge in [0.25, 0.3) is 5.91 Å². The van der Waals surface area contributed by atoms with Crippen molar-refractivity contribution in [2.45, 2.75) is 31.9 Å². The molecular formula is C15H16F3N5O. The second kappa shape index (κ2) is 5.15. The first-order valence-electron chi connectivity index (χ1n) is 7.93. The van der Waals surface area contributed by atoms with Gasteiger partial charge >= 0.3 is 6.18 Å². The summed E-state index contributed by atoms with van der Waals surface area (Å²) < 4.78 is 39.9. The van der Waals surface area contributed by atoms with E-state index in [1.807, 2.05) is 0 Å². The predicted molar refractivity (Wildman–Crippen MR) is 78.0 cm³/mol. The molecule has 9 heteroatoms. The van der Waals surface area contributed by atoms with Crippen LogP contribution in [0.25, 0.3) is 11.2 Å². The lowest BCUT2D eigenvalue weighted by molar-refractivity contribution is -0.235. The molecule has 2 fully saturated rings. The first-order chi connectivity index (χ1) is 11.4. The Bertz CT molecular complexity index is 783. The highest BCUT2D eigenvalue weighted by atomic mass is 19.4. The number of halogens is 3. The van der Waals surface area contributed by atoms with Crippen LogP contribution in [0.15, 0.2) is 12.1 Å². The molecule has 1 aliphatic carbocycles. The molecule has 2 aromatic heterocycles. The molecule has 0 unspecified atom stereocenters. The molecule has 128 valence electrons. The van der Waals surface area contributed by atoms with Crippen LogP contribution < -0.4 is 0 Å². The number of hydrogen-bond acceptors (Lipinski definition) is 4. The van der Waals surface area contributed by atoms with Crippen molar-refractivity contribution in [3.05, 3.63) is 17.8 Å². The third-order valence-electron chi connectivity index (χ3n) is 5.36. The zero-order chi connectivity index (χ0) is 16.9. The number of rotatable bonds is 1. The first kappa shape index (κ1) is 15.3. The summed E-state index contributed by atoms with van der Waals surface area (Å²) in [7, 11) is 0. The highest BCUT2D eigenvalue weighted by Crippen LogP contribution is 2.56. The van der Waals surface area contributed by atoms with Gasteiger partial charge in [0.1, 0.15) is 11.2 Å². The van der Waals surface area contributed by atoms with Gasteiger partial charge in [-0.05, 0) is 36.8 Å². The molecule has 1 spiro atoms. The molecule has 1 N–H and O–H groups in total. The zero-order valence-electron chi connectivity index (χ0n) is 12.8. The number of aromatic amines is 1. The molecule has 0 bridgehead atoms. The molecule has 0 aromatic carbocycles. The van der Waals surface area contributed by atoms with E-state index in [4.69, 9.17) is 0 Å². The number of aromatic nitrogens is 4. The maximum atomic E-state index is 13.3. The Hall–Kier alpha value is -2.19. The average Bonchev–Trinajstić information content (AvgIpc) is 2.98. The maximum Gasteiger partial charge on any atom is 0.392 e. The largest absolute Gasteiger partial charge is 0.392 e. The average molecular weight is 339 g/mol. The Morgan fingerprint density at radius 1 is 1.29 bits per heavy atom. The van der Waals surface area contributed by atoms with E-state index in [1.54, 1.807) is 6.07 Å². The number of hydrogen-bond donors (Lipinski definition) is 1. The fourth-order valence-electron chi connectivity index (χ4n) is 4.00. The molecule has 2 aromatic rings. The van der Waals surface area contributed by atoms with E-state index in [2.05, 4.69) is 20.4 Å². The lowest BCUT2D eigenvalue weighted by Gasteiger charge is -2.54. The van der Waals surface area contributed by atoms with Crippen LogP contribution in [0.2, 0.25) is 0 Å². The number of fused-ring (bicyclic) bond motifs is 1. The van der Waals surface area contributed by atoms with E-state index in [1.165, 1.54) is 11.0 Å². The van der Waals surface area contributed by atoms with E-state index in [0.717, 1.165) is 6.42 Å². The van der Waals surface area contributed by atoms with Gasteiger partial charge in [0, 0.05) is 13.1 Å². The Kier molecular flexibility index (Phi) is 3.29. The van der Waals surface area contributed by atoms with Crippen molar-refractivity contribution in [2.75, 3.05) is 13.1 Å². The number of alkyl halides is 3. The van der Waals surface area contributed by atoms with E-state index in [-0.39, 0.29) is 31.1 Å². The van der Waals surface area contributed by atoms with Crippen molar-refractivity contribution in [1.82, 2.24) is 25.3 Å². The number of piperidine rings is 1. The number of carbonyl (C=O) groups is 1. The molecule has 1 aliphatic heterocycles. The standard InChI is InChI=1S/C15H16F3N5O/c16-15(17,18)11-4-7-23(8-14(11)5-1-6-14)13(24)10-3-2-9-12(19-10)21-22-20-9/h2-3,11H,1,4-8H2,(H,19,20,21,22)/t11-/m0/s1. The molecule has 3 heterocycles. The van der Waals surface area contributed by atoms with Gasteiger partial charge in [-0.25, -0.2) is 4.98 Å². The van der Waals surface area contributed by atoms with Crippen LogP contribution in [0.5, 0.6) is 0 Å². The summed E-state index contributed by atoms with van der Waals surface area (Å²) in [5, 5.41) is 10.1. The molecule has 4 rings (SSSR count). The minimum Gasteiger partial charge on any atom is -0.337 e. The van der Waals surface area contributed by atoms with Gasteiger partial charge in [-0.2, -0.15) is 23.5 Å². The molecular weight excluding hydrogens is 323 g/mol. The second-order valence-electron chi connectivity index (χ2n) is 6.69. The predicted octanol–water partition coefficient (Wildman–Crippen LogP) is 2.55. The third kappa shape index (κ3) is 2.33. The number of pyridine rings is 1. The van der Waals surface area contributed by atoms with Crippen molar-refractivity contribution in [3.8, 4) is 0 Å². The summed E-state index contributed by atoms with van der Waals surface area (Å²) in [6.45, 7) is 0.248. The third-order valence-corrected chi connectivity index (χ3v) is 5.36. The molecule has 1 saturated carbocycles. The van der Waals surface area contributed by atoms with Gasteiger partial charge in [-0.15, -0.1) is 5.10 Å². The monoisotopic (exact) mass is 339 g/mol.